The normalized spacial score (nSPS) is 28.5. The lowest BCUT2D eigenvalue weighted by atomic mass is 9.68. The Kier molecular flexibility index (Phi) is 8.75. The van der Waals surface area contributed by atoms with E-state index in [2.05, 4.69) is 6.92 Å². The molecule has 0 nitrogen and oxygen atoms in total. The van der Waals surface area contributed by atoms with Gasteiger partial charge in [-0.05, 0) is 92.7 Å². The van der Waals surface area contributed by atoms with Gasteiger partial charge < -0.3 is 0 Å². The molecule has 29 heavy (non-hydrogen) atoms. The highest BCUT2D eigenvalue weighted by Crippen LogP contribution is 2.44. The van der Waals surface area contributed by atoms with Crippen molar-refractivity contribution < 1.29 is 8.78 Å². The molecule has 0 aliphatic heterocycles. The molecule has 2 aliphatic rings. The van der Waals surface area contributed by atoms with Crippen molar-refractivity contribution in [2.24, 2.45) is 17.8 Å². The van der Waals surface area contributed by atoms with E-state index in [9.17, 15) is 8.78 Å². The largest absolute Gasteiger partial charge is 0.212 e. The molecule has 0 bridgehead atoms. The zero-order valence-electron chi connectivity index (χ0n) is 18.6. The fraction of sp³-hybridized carbons (Fsp3) is 0.704. The number of unbranched alkanes of at least 4 members (excludes halogenated alkanes) is 1. The molecule has 162 valence electrons. The van der Waals surface area contributed by atoms with Crippen LogP contribution in [0.5, 0.6) is 0 Å². The zero-order valence-corrected chi connectivity index (χ0v) is 18.6. The summed E-state index contributed by atoms with van der Waals surface area (Å²) >= 11 is 0. The third-order valence-corrected chi connectivity index (χ3v) is 7.60. The van der Waals surface area contributed by atoms with E-state index in [1.54, 1.807) is 12.1 Å². The lowest BCUT2D eigenvalue weighted by molar-refractivity contribution is 0.156. The molecule has 0 unspecified atom stereocenters. The number of allylic oxidation sites excluding steroid dienone is 1. The summed E-state index contributed by atoms with van der Waals surface area (Å²) in [6, 6.07) is 5.47. The van der Waals surface area contributed by atoms with E-state index < -0.39 is 0 Å². The van der Waals surface area contributed by atoms with Gasteiger partial charge in [-0.3, -0.25) is 0 Å². The van der Waals surface area contributed by atoms with E-state index in [0.29, 0.717) is 17.9 Å². The topological polar surface area (TPSA) is 0 Å². The van der Waals surface area contributed by atoms with Gasteiger partial charge in [0, 0.05) is 5.56 Å². The minimum Gasteiger partial charge on any atom is -0.212 e. The standard InChI is InChI=1S/C27H40F2/c1-3-5-7-26(28)18-25-17-16-24(19-27(25)29)23-14-12-22(13-15-23)21-10-8-20(6-4-2)9-11-21/h16-23H,3-15H2,1-2H3/b26-18+/t20?,21?,22-,23-. The SMILES string of the molecule is CCCC/C(F)=C\c1ccc([C@H]2CC[C@H](C3CCC(CCC)CC3)CC2)cc1F. The molecule has 0 aromatic heterocycles. The second kappa shape index (κ2) is 11.3. The second-order valence-electron chi connectivity index (χ2n) is 9.66. The maximum Gasteiger partial charge on any atom is 0.130 e. The van der Waals surface area contributed by atoms with Gasteiger partial charge in [-0.1, -0.05) is 58.1 Å². The summed E-state index contributed by atoms with van der Waals surface area (Å²) in [4.78, 5) is 0. The van der Waals surface area contributed by atoms with Crippen LogP contribution in [0.4, 0.5) is 8.78 Å². The molecule has 1 aromatic rings. The number of hydrogen-bond donors (Lipinski definition) is 0. The molecule has 3 rings (SSSR count). The fourth-order valence-electron chi connectivity index (χ4n) is 5.78. The monoisotopic (exact) mass is 402 g/mol. The van der Waals surface area contributed by atoms with Gasteiger partial charge in [0.1, 0.15) is 11.6 Å². The average molecular weight is 403 g/mol. The molecule has 0 saturated heterocycles. The Morgan fingerprint density at radius 2 is 1.59 bits per heavy atom. The van der Waals surface area contributed by atoms with Crippen molar-refractivity contribution in [1.29, 1.82) is 0 Å². The van der Waals surface area contributed by atoms with Gasteiger partial charge in [-0.25, -0.2) is 8.78 Å². The molecule has 0 amide bonds. The van der Waals surface area contributed by atoms with E-state index in [1.807, 2.05) is 13.0 Å². The first-order valence-electron chi connectivity index (χ1n) is 12.3. The summed E-state index contributed by atoms with van der Waals surface area (Å²) in [5.74, 6) is 2.78. The van der Waals surface area contributed by atoms with Gasteiger partial charge in [0.15, 0.2) is 0 Å². The minimum absolute atomic E-state index is 0.215. The van der Waals surface area contributed by atoms with Gasteiger partial charge in [0.05, 0.1) is 0 Å². The van der Waals surface area contributed by atoms with E-state index in [0.717, 1.165) is 36.2 Å². The Morgan fingerprint density at radius 1 is 0.931 bits per heavy atom. The van der Waals surface area contributed by atoms with Crippen LogP contribution in [0, 0.1) is 23.6 Å². The van der Waals surface area contributed by atoms with E-state index >= 15 is 0 Å². The van der Waals surface area contributed by atoms with Crippen molar-refractivity contribution in [2.75, 3.05) is 0 Å². The molecule has 2 heteroatoms. The predicted molar refractivity (Wildman–Crippen MR) is 120 cm³/mol. The highest BCUT2D eigenvalue weighted by molar-refractivity contribution is 5.52. The molecule has 0 radical (unpaired) electrons. The van der Waals surface area contributed by atoms with Gasteiger partial charge in [-0.2, -0.15) is 0 Å². The van der Waals surface area contributed by atoms with Gasteiger partial charge in [0.2, 0.25) is 0 Å². The molecule has 1 aromatic carbocycles. The molecule has 0 heterocycles. The van der Waals surface area contributed by atoms with Crippen LogP contribution >= 0.6 is 0 Å². The van der Waals surface area contributed by atoms with Crippen molar-refractivity contribution in [2.45, 2.75) is 103 Å². The smallest absolute Gasteiger partial charge is 0.130 e. The lowest BCUT2D eigenvalue weighted by Gasteiger charge is -2.38. The van der Waals surface area contributed by atoms with Crippen molar-refractivity contribution >= 4 is 6.08 Å². The molecule has 0 spiro atoms. The van der Waals surface area contributed by atoms with Crippen LogP contribution in [0.15, 0.2) is 24.0 Å². The number of benzene rings is 1. The summed E-state index contributed by atoms with van der Waals surface area (Å²) in [6.07, 6.45) is 17.0. The molecule has 0 N–H and O–H groups in total. The van der Waals surface area contributed by atoms with Crippen LogP contribution < -0.4 is 0 Å². The molecule has 0 atom stereocenters. The summed E-state index contributed by atoms with van der Waals surface area (Å²) in [7, 11) is 0. The van der Waals surface area contributed by atoms with Crippen LogP contribution in [-0.4, -0.2) is 0 Å². The second-order valence-corrected chi connectivity index (χ2v) is 9.66. The molecule has 2 fully saturated rings. The Morgan fingerprint density at radius 3 is 2.17 bits per heavy atom. The molecular weight excluding hydrogens is 362 g/mol. The molecule has 2 saturated carbocycles. The third kappa shape index (κ3) is 6.40. The van der Waals surface area contributed by atoms with Crippen LogP contribution in [-0.2, 0) is 0 Å². The summed E-state index contributed by atoms with van der Waals surface area (Å²) in [5.41, 5.74) is 1.50. The van der Waals surface area contributed by atoms with Crippen molar-refractivity contribution in [3.63, 3.8) is 0 Å². The fourth-order valence-corrected chi connectivity index (χ4v) is 5.78. The first kappa shape index (κ1) is 22.5. The highest BCUT2D eigenvalue weighted by atomic mass is 19.1. The summed E-state index contributed by atoms with van der Waals surface area (Å²) in [6.45, 7) is 4.34. The summed E-state index contributed by atoms with van der Waals surface area (Å²) < 4.78 is 28.4. The maximum atomic E-state index is 14.5. The Bertz CT molecular complexity index is 647. The van der Waals surface area contributed by atoms with E-state index in [4.69, 9.17) is 0 Å². The van der Waals surface area contributed by atoms with Crippen molar-refractivity contribution in [1.82, 2.24) is 0 Å². The van der Waals surface area contributed by atoms with Crippen LogP contribution in [0.25, 0.3) is 6.08 Å². The Hall–Kier alpha value is -1.18. The molecule has 2 aliphatic carbocycles. The average Bonchev–Trinajstić information content (AvgIpc) is 2.75. The summed E-state index contributed by atoms with van der Waals surface area (Å²) in [5, 5.41) is 0. The lowest BCUT2D eigenvalue weighted by Crippen LogP contribution is -2.25. The number of hydrogen-bond acceptors (Lipinski definition) is 0. The first-order valence-corrected chi connectivity index (χ1v) is 12.3. The van der Waals surface area contributed by atoms with Crippen molar-refractivity contribution in [3.8, 4) is 0 Å². The molecular formula is C27H40F2. The Balaban J connectivity index is 1.51. The zero-order chi connectivity index (χ0) is 20.6. The Labute approximate surface area is 177 Å². The van der Waals surface area contributed by atoms with Gasteiger partial charge >= 0.3 is 0 Å². The number of halogens is 2. The minimum atomic E-state index is -0.273. The van der Waals surface area contributed by atoms with Gasteiger partial charge in [-0.15, -0.1) is 0 Å². The predicted octanol–water partition coefficient (Wildman–Crippen LogP) is 9.21. The van der Waals surface area contributed by atoms with Gasteiger partial charge in [0.25, 0.3) is 0 Å². The van der Waals surface area contributed by atoms with Crippen LogP contribution in [0.2, 0.25) is 0 Å². The first-order chi connectivity index (χ1) is 14.1. The van der Waals surface area contributed by atoms with Crippen LogP contribution in [0.1, 0.15) is 114 Å². The van der Waals surface area contributed by atoms with E-state index in [-0.39, 0.29) is 11.6 Å². The maximum absolute atomic E-state index is 14.5. The van der Waals surface area contributed by atoms with E-state index in [1.165, 1.54) is 70.3 Å². The third-order valence-electron chi connectivity index (χ3n) is 7.60. The number of rotatable bonds is 8. The highest BCUT2D eigenvalue weighted by Gasteiger charge is 2.31. The van der Waals surface area contributed by atoms with Crippen LogP contribution in [0.3, 0.4) is 0 Å². The van der Waals surface area contributed by atoms with Crippen molar-refractivity contribution in [3.05, 3.63) is 41.0 Å². The quantitative estimate of drug-likeness (QED) is 0.406.